The van der Waals surface area contributed by atoms with Crippen molar-refractivity contribution in [1.82, 2.24) is 4.90 Å². The monoisotopic (exact) mass is 397 g/mol. The Morgan fingerprint density at radius 3 is 2.83 bits per heavy atom. The van der Waals surface area contributed by atoms with Crippen LogP contribution in [0.1, 0.15) is 75.3 Å². The minimum atomic E-state index is 0.438. The van der Waals surface area contributed by atoms with Gasteiger partial charge in [0.2, 0.25) is 0 Å². The smallest absolute Gasteiger partial charge is 0.115 e. The summed E-state index contributed by atoms with van der Waals surface area (Å²) in [5, 5.41) is 9.88. The fraction of sp³-hybridized carbons (Fsp3) is 0.769. The molecule has 4 aliphatic rings. The number of aromatic hydroxyl groups is 1. The summed E-state index contributed by atoms with van der Waals surface area (Å²) >= 11 is 0. The molecule has 1 saturated heterocycles. The van der Waals surface area contributed by atoms with Crippen LogP contribution in [0, 0.1) is 23.2 Å². The lowest BCUT2D eigenvalue weighted by molar-refractivity contribution is 0.0129. The molecule has 3 heteroatoms. The van der Waals surface area contributed by atoms with Crippen molar-refractivity contribution in [2.24, 2.45) is 23.2 Å². The molecule has 29 heavy (non-hydrogen) atoms. The molecule has 3 fully saturated rings. The Labute approximate surface area is 176 Å². The highest BCUT2D eigenvalue weighted by atomic mass is 16.5. The second-order valence-electron chi connectivity index (χ2n) is 10.6. The fourth-order valence-electron chi connectivity index (χ4n) is 7.68. The van der Waals surface area contributed by atoms with Gasteiger partial charge in [0.25, 0.3) is 0 Å². The summed E-state index contributed by atoms with van der Waals surface area (Å²) in [6.45, 7) is 8.16. The van der Waals surface area contributed by atoms with Crippen LogP contribution in [0.15, 0.2) is 18.2 Å². The molecule has 160 valence electrons. The summed E-state index contributed by atoms with van der Waals surface area (Å²) in [5.74, 6) is 3.76. The lowest BCUT2D eigenvalue weighted by atomic mass is 9.54. The zero-order chi connectivity index (χ0) is 19.8. The number of likely N-dealkylation sites (tertiary alicyclic amines) is 1. The Balaban J connectivity index is 1.17. The van der Waals surface area contributed by atoms with E-state index in [1.807, 2.05) is 12.1 Å². The molecule has 0 radical (unpaired) electrons. The fourth-order valence-corrected chi connectivity index (χ4v) is 7.68. The first-order chi connectivity index (χ1) is 14.1. The number of hydrogen-bond donors (Lipinski definition) is 1. The average Bonchev–Trinajstić information content (AvgIpc) is 3.35. The molecule has 1 aromatic carbocycles. The van der Waals surface area contributed by atoms with Gasteiger partial charge in [-0.25, -0.2) is 0 Å². The van der Waals surface area contributed by atoms with Gasteiger partial charge in [-0.05, 0) is 123 Å². The Kier molecular flexibility index (Phi) is 5.64. The van der Waals surface area contributed by atoms with E-state index >= 15 is 0 Å². The molecule has 1 aliphatic heterocycles. The lowest BCUT2D eigenvalue weighted by Crippen LogP contribution is -2.42. The van der Waals surface area contributed by atoms with Crippen LogP contribution in [0.3, 0.4) is 0 Å². The topological polar surface area (TPSA) is 32.7 Å². The molecule has 1 N–H and O–H groups in total. The van der Waals surface area contributed by atoms with Crippen LogP contribution < -0.4 is 0 Å². The number of phenols is 1. The van der Waals surface area contributed by atoms with Gasteiger partial charge in [0.15, 0.2) is 0 Å². The molecular weight excluding hydrogens is 358 g/mol. The zero-order valence-electron chi connectivity index (χ0n) is 18.2. The Hall–Kier alpha value is -1.06. The third-order valence-corrected chi connectivity index (χ3v) is 9.27. The van der Waals surface area contributed by atoms with Crippen LogP contribution in [0.5, 0.6) is 5.75 Å². The van der Waals surface area contributed by atoms with E-state index < -0.39 is 0 Å². The van der Waals surface area contributed by atoms with Gasteiger partial charge in [-0.15, -0.1) is 0 Å². The van der Waals surface area contributed by atoms with Crippen molar-refractivity contribution in [1.29, 1.82) is 0 Å². The summed E-state index contributed by atoms with van der Waals surface area (Å²) in [5.41, 5.74) is 3.49. The molecule has 3 nitrogen and oxygen atoms in total. The second-order valence-corrected chi connectivity index (χ2v) is 10.6. The summed E-state index contributed by atoms with van der Waals surface area (Å²) in [6, 6.07) is 6.16. The molecule has 5 unspecified atom stereocenters. The molecule has 0 bridgehead atoms. The highest BCUT2D eigenvalue weighted by molar-refractivity contribution is 5.40. The van der Waals surface area contributed by atoms with Gasteiger partial charge in [0.05, 0.1) is 6.61 Å². The largest absolute Gasteiger partial charge is 0.508 e. The third-order valence-electron chi connectivity index (χ3n) is 9.27. The first-order valence-electron chi connectivity index (χ1n) is 12.3. The lowest BCUT2D eigenvalue weighted by Gasteiger charge is -2.51. The van der Waals surface area contributed by atoms with Gasteiger partial charge in [-0.1, -0.05) is 13.0 Å². The Bertz CT molecular complexity index is 713. The number of fused-ring (bicyclic) bond motifs is 5. The van der Waals surface area contributed by atoms with E-state index in [0.29, 0.717) is 11.2 Å². The first-order valence-corrected chi connectivity index (χ1v) is 12.3. The molecule has 3 aliphatic carbocycles. The molecule has 0 aromatic heterocycles. The second kappa shape index (κ2) is 8.23. The number of hydrogen-bond acceptors (Lipinski definition) is 3. The Morgan fingerprint density at radius 1 is 1.10 bits per heavy atom. The standard InChI is InChI=1S/C26H39NO2/c1-26-12-10-23-22-8-6-21(28)18-19(22)4-7-24(23)25(26)9-5-20(26)11-16-29-17-15-27-13-2-3-14-27/h6,8,18,20,23-25,28H,2-5,7,9-17H2,1H3. The van der Waals surface area contributed by atoms with Gasteiger partial charge in [0.1, 0.15) is 5.75 Å². The number of phenolic OH excluding ortho intramolecular Hbond substituents is 1. The van der Waals surface area contributed by atoms with Crippen LogP contribution in [0.25, 0.3) is 0 Å². The minimum absolute atomic E-state index is 0.438. The van der Waals surface area contributed by atoms with Crippen molar-refractivity contribution in [2.75, 3.05) is 32.8 Å². The van der Waals surface area contributed by atoms with E-state index in [0.717, 1.165) is 49.9 Å². The van der Waals surface area contributed by atoms with Gasteiger partial charge < -0.3 is 14.7 Å². The van der Waals surface area contributed by atoms with Crippen molar-refractivity contribution < 1.29 is 9.84 Å². The molecule has 5 atom stereocenters. The minimum Gasteiger partial charge on any atom is -0.508 e. The highest BCUT2D eigenvalue weighted by Gasteiger charge is 2.54. The van der Waals surface area contributed by atoms with Crippen LogP contribution >= 0.6 is 0 Å². The van der Waals surface area contributed by atoms with Gasteiger partial charge in [-0.2, -0.15) is 0 Å². The van der Waals surface area contributed by atoms with Gasteiger partial charge in [-0.3, -0.25) is 0 Å². The first kappa shape index (κ1) is 19.9. The summed E-state index contributed by atoms with van der Waals surface area (Å²) in [7, 11) is 0. The van der Waals surface area contributed by atoms with Crippen molar-refractivity contribution in [2.45, 2.75) is 70.6 Å². The maximum atomic E-state index is 9.88. The Morgan fingerprint density at radius 2 is 1.97 bits per heavy atom. The molecule has 0 amide bonds. The van der Waals surface area contributed by atoms with E-state index in [1.165, 1.54) is 70.0 Å². The number of aryl methyl sites for hydroxylation is 1. The number of ether oxygens (including phenoxy) is 1. The predicted molar refractivity (Wildman–Crippen MR) is 117 cm³/mol. The number of benzene rings is 1. The van der Waals surface area contributed by atoms with Crippen molar-refractivity contribution >= 4 is 0 Å². The maximum absolute atomic E-state index is 9.88. The molecule has 2 saturated carbocycles. The van der Waals surface area contributed by atoms with Crippen molar-refractivity contribution in [3.63, 3.8) is 0 Å². The van der Waals surface area contributed by atoms with E-state index in [2.05, 4.69) is 17.9 Å². The van der Waals surface area contributed by atoms with E-state index in [4.69, 9.17) is 4.74 Å². The van der Waals surface area contributed by atoms with Gasteiger partial charge >= 0.3 is 0 Å². The van der Waals surface area contributed by atoms with Crippen molar-refractivity contribution in [3.05, 3.63) is 29.3 Å². The quantitative estimate of drug-likeness (QED) is 0.655. The van der Waals surface area contributed by atoms with Crippen LogP contribution in [-0.4, -0.2) is 42.9 Å². The highest BCUT2D eigenvalue weighted by Crippen LogP contribution is 2.63. The normalized spacial score (nSPS) is 36.6. The van der Waals surface area contributed by atoms with Crippen LogP contribution in [0.2, 0.25) is 0 Å². The van der Waals surface area contributed by atoms with E-state index in [1.54, 1.807) is 5.56 Å². The van der Waals surface area contributed by atoms with Gasteiger partial charge in [0, 0.05) is 13.2 Å². The molecule has 5 rings (SSSR count). The summed E-state index contributed by atoms with van der Waals surface area (Å²) in [4.78, 5) is 2.55. The third kappa shape index (κ3) is 3.74. The van der Waals surface area contributed by atoms with E-state index in [9.17, 15) is 5.11 Å². The number of nitrogens with zero attached hydrogens (tertiary/aromatic N) is 1. The summed E-state index contributed by atoms with van der Waals surface area (Å²) < 4.78 is 6.08. The predicted octanol–water partition coefficient (Wildman–Crippen LogP) is 5.37. The number of rotatable bonds is 6. The molecule has 0 spiro atoms. The average molecular weight is 398 g/mol. The van der Waals surface area contributed by atoms with Crippen molar-refractivity contribution in [3.8, 4) is 5.75 Å². The SMILES string of the molecule is CC12CCC3c4ccc(O)cc4CCC3C1CCC2CCOCCN1CCCC1. The van der Waals surface area contributed by atoms with Crippen LogP contribution in [0.4, 0.5) is 0 Å². The van der Waals surface area contributed by atoms with Crippen LogP contribution in [-0.2, 0) is 11.2 Å². The molecular formula is C26H39NO2. The summed E-state index contributed by atoms with van der Waals surface area (Å²) in [6.07, 6.45) is 12.0. The zero-order valence-corrected chi connectivity index (χ0v) is 18.2. The van der Waals surface area contributed by atoms with E-state index in [-0.39, 0.29) is 0 Å². The molecule has 1 aromatic rings. The molecule has 1 heterocycles. The maximum Gasteiger partial charge on any atom is 0.115 e.